The fraction of sp³-hybridized carbons (Fsp3) is 0.343. The third-order valence-electron chi connectivity index (χ3n) is 8.43. The molecule has 4 aromatic rings. The summed E-state index contributed by atoms with van der Waals surface area (Å²) in [6.07, 6.45) is -4.32. The Morgan fingerprint density at radius 1 is 0.875 bits per heavy atom. The molecular formula is C35H35NO12. The van der Waals surface area contributed by atoms with Crippen LogP contribution in [0.15, 0.2) is 63.8 Å². The molecule has 2 fully saturated rings. The summed E-state index contributed by atoms with van der Waals surface area (Å²) in [6, 6.07) is 15.4. The molecule has 0 spiro atoms. The minimum Gasteiger partial charge on any atom is -0.497 e. The molecule has 2 aliphatic heterocycles. The average molecular weight is 662 g/mol. The van der Waals surface area contributed by atoms with Gasteiger partial charge in [0.15, 0.2) is 17.6 Å². The molecule has 0 unspecified atom stereocenters. The van der Waals surface area contributed by atoms with Crippen molar-refractivity contribution in [1.82, 2.24) is 0 Å². The number of rotatable bonds is 9. The number of carbonyl (C=O) groups excluding carboxylic acids is 2. The van der Waals surface area contributed by atoms with Crippen LogP contribution in [0.1, 0.15) is 29.8 Å². The maximum absolute atomic E-state index is 13.4. The van der Waals surface area contributed by atoms with Crippen molar-refractivity contribution in [2.45, 2.75) is 51.0 Å². The van der Waals surface area contributed by atoms with Gasteiger partial charge in [-0.2, -0.15) is 0 Å². The second-order valence-electron chi connectivity index (χ2n) is 11.8. The Bertz CT molecular complexity index is 1950. The first kappa shape index (κ1) is 32.7. The molecule has 13 heteroatoms. The number of ether oxygens (including phenoxy) is 8. The van der Waals surface area contributed by atoms with Gasteiger partial charge in [-0.05, 0) is 68.8 Å². The normalized spacial score (nSPS) is 21.1. The fourth-order valence-electron chi connectivity index (χ4n) is 6.11. The molecule has 1 aromatic heterocycles. The van der Waals surface area contributed by atoms with Gasteiger partial charge in [0.25, 0.3) is 5.91 Å². The minimum atomic E-state index is -1.11. The second-order valence-corrected chi connectivity index (χ2v) is 11.8. The van der Waals surface area contributed by atoms with Gasteiger partial charge in [-0.25, -0.2) is 9.59 Å². The lowest BCUT2D eigenvalue weighted by Gasteiger charge is -2.45. The summed E-state index contributed by atoms with van der Waals surface area (Å²) >= 11 is 0. The van der Waals surface area contributed by atoms with Crippen molar-refractivity contribution in [3.63, 3.8) is 0 Å². The van der Waals surface area contributed by atoms with Crippen LogP contribution in [0, 0.1) is 6.92 Å². The Balaban J connectivity index is 1.31. The highest BCUT2D eigenvalue weighted by atomic mass is 16.8. The lowest BCUT2D eigenvalue weighted by Crippen LogP contribution is -2.62. The predicted molar refractivity (Wildman–Crippen MR) is 172 cm³/mol. The zero-order chi connectivity index (χ0) is 34.3. The van der Waals surface area contributed by atoms with Crippen LogP contribution in [0.25, 0.3) is 22.1 Å². The number of methoxy groups -OCH3 is 4. The molecule has 4 atom stereocenters. The van der Waals surface area contributed by atoms with Gasteiger partial charge in [-0.3, -0.25) is 4.79 Å². The van der Waals surface area contributed by atoms with Gasteiger partial charge in [0.2, 0.25) is 12.4 Å². The number of aryl methyl sites for hydroxylation is 1. The smallest absolute Gasteiger partial charge is 0.497 e. The van der Waals surface area contributed by atoms with E-state index < -0.39 is 47.9 Å². The van der Waals surface area contributed by atoms with Gasteiger partial charge in [0.05, 0.1) is 26.9 Å². The summed E-state index contributed by atoms with van der Waals surface area (Å²) in [5.41, 5.74) is 0.540. The van der Waals surface area contributed by atoms with Crippen LogP contribution in [-0.4, -0.2) is 70.7 Å². The van der Waals surface area contributed by atoms with Crippen LogP contribution in [0.5, 0.6) is 23.0 Å². The minimum absolute atomic E-state index is 0.0813. The molecular weight excluding hydrogens is 626 g/mol. The number of anilines is 1. The maximum atomic E-state index is 13.4. The van der Waals surface area contributed by atoms with E-state index in [-0.39, 0.29) is 28.3 Å². The molecule has 2 saturated heterocycles. The number of hydrogen-bond donors (Lipinski definition) is 1. The molecule has 6 rings (SSSR count). The summed E-state index contributed by atoms with van der Waals surface area (Å²) < 4.78 is 51.0. The molecule has 3 heterocycles. The van der Waals surface area contributed by atoms with Gasteiger partial charge in [0.1, 0.15) is 28.9 Å². The van der Waals surface area contributed by atoms with Crippen molar-refractivity contribution >= 4 is 28.7 Å². The summed E-state index contributed by atoms with van der Waals surface area (Å²) in [6.45, 7) is 5.25. The summed E-state index contributed by atoms with van der Waals surface area (Å²) in [4.78, 5) is 38.7. The van der Waals surface area contributed by atoms with Crippen LogP contribution in [0.2, 0.25) is 0 Å². The standard InChI is InChI=1S/C35H35NO12/c1-17-26-20(16-25(42-6)27(17)45-33-29-28(46-34(39)47-29)30(43-7)35(2,3)48-33)15-23(32(38)44-26)36-31(37)19-11-12-24(41-5)22(14-19)18-9-8-10-21(13-18)40-4/h8-16,28-30,33H,1-7H3,(H,36,37)/t28-,29+,30+,33+/m0/s1. The zero-order valence-electron chi connectivity index (χ0n) is 27.4. The van der Waals surface area contributed by atoms with Gasteiger partial charge in [0, 0.05) is 29.2 Å². The summed E-state index contributed by atoms with van der Waals surface area (Å²) in [5, 5.41) is 3.12. The first-order valence-electron chi connectivity index (χ1n) is 15.0. The van der Waals surface area contributed by atoms with Crippen LogP contribution in [0.3, 0.4) is 0 Å². The van der Waals surface area contributed by atoms with E-state index in [1.807, 2.05) is 24.3 Å². The molecule has 0 aliphatic carbocycles. The molecule has 2 aliphatic rings. The first-order chi connectivity index (χ1) is 23.0. The highest BCUT2D eigenvalue weighted by Crippen LogP contribution is 2.43. The van der Waals surface area contributed by atoms with E-state index in [0.717, 1.165) is 5.56 Å². The fourth-order valence-corrected chi connectivity index (χ4v) is 6.11. The first-order valence-corrected chi connectivity index (χ1v) is 15.0. The highest BCUT2D eigenvalue weighted by molar-refractivity contribution is 6.06. The topological polar surface area (TPSA) is 150 Å². The Morgan fingerprint density at radius 3 is 2.33 bits per heavy atom. The quantitative estimate of drug-likeness (QED) is 0.179. The van der Waals surface area contributed by atoms with Crippen LogP contribution in [0.4, 0.5) is 10.5 Å². The van der Waals surface area contributed by atoms with Gasteiger partial charge in [-0.1, -0.05) is 12.1 Å². The Labute approximate surface area is 275 Å². The highest BCUT2D eigenvalue weighted by Gasteiger charge is 2.59. The van der Waals surface area contributed by atoms with E-state index in [1.165, 1.54) is 20.3 Å². The maximum Gasteiger partial charge on any atom is 0.509 e. The largest absolute Gasteiger partial charge is 0.509 e. The molecule has 1 amide bonds. The Morgan fingerprint density at radius 2 is 1.62 bits per heavy atom. The van der Waals surface area contributed by atoms with Crippen molar-refractivity contribution in [2.24, 2.45) is 0 Å². The third kappa shape index (κ3) is 5.86. The van der Waals surface area contributed by atoms with Gasteiger partial charge in [-0.15, -0.1) is 0 Å². The van der Waals surface area contributed by atoms with Crippen molar-refractivity contribution in [3.8, 4) is 34.1 Å². The molecule has 3 aromatic carbocycles. The van der Waals surface area contributed by atoms with Crippen molar-refractivity contribution in [2.75, 3.05) is 33.8 Å². The monoisotopic (exact) mass is 661 g/mol. The van der Waals surface area contributed by atoms with E-state index in [9.17, 15) is 14.4 Å². The third-order valence-corrected chi connectivity index (χ3v) is 8.43. The zero-order valence-corrected chi connectivity index (χ0v) is 27.4. The molecule has 0 bridgehead atoms. The second kappa shape index (κ2) is 12.7. The summed E-state index contributed by atoms with van der Waals surface area (Å²) in [7, 11) is 6.06. The predicted octanol–water partition coefficient (Wildman–Crippen LogP) is 5.48. The lowest BCUT2D eigenvalue weighted by atomic mass is 9.89. The lowest BCUT2D eigenvalue weighted by molar-refractivity contribution is -0.283. The molecule has 252 valence electrons. The molecule has 48 heavy (non-hydrogen) atoms. The van der Waals surface area contributed by atoms with Crippen molar-refractivity contribution in [3.05, 3.63) is 76.1 Å². The number of fused-ring (bicyclic) bond motifs is 2. The van der Waals surface area contributed by atoms with Crippen LogP contribution >= 0.6 is 0 Å². The van der Waals surface area contributed by atoms with E-state index in [2.05, 4.69) is 5.32 Å². The number of benzene rings is 3. The van der Waals surface area contributed by atoms with Crippen molar-refractivity contribution < 1.29 is 51.9 Å². The Hall–Kier alpha value is -5.27. The number of amides is 1. The van der Waals surface area contributed by atoms with Crippen LogP contribution < -0.4 is 29.9 Å². The van der Waals surface area contributed by atoms with Crippen LogP contribution in [-0.2, 0) is 18.9 Å². The number of hydrogen-bond acceptors (Lipinski definition) is 12. The summed E-state index contributed by atoms with van der Waals surface area (Å²) in [5.74, 6) is 1.15. The Kier molecular flexibility index (Phi) is 8.67. The van der Waals surface area contributed by atoms with E-state index >= 15 is 0 Å². The van der Waals surface area contributed by atoms with E-state index in [1.54, 1.807) is 59.3 Å². The molecule has 13 nitrogen and oxygen atoms in total. The van der Waals surface area contributed by atoms with Crippen molar-refractivity contribution in [1.29, 1.82) is 0 Å². The number of carbonyl (C=O) groups is 2. The van der Waals surface area contributed by atoms with Gasteiger partial charge < -0.3 is 47.6 Å². The molecule has 0 saturated carbocycles. The van der Waals surface area contributed by atoms with Gasteiger partial charge >= 0.3 is 11.8 Å². The average Bonchev–Trinajstić information content (AvgIpc) is 3.46. The molecule has 0 radical (unpaired) electrons. The number of nitrogens with one attached hydrogen (secondary N) is 1. The van der Waals surface area contributed by atoms with E-state index in [4.69, 9.17) is 42.3 Å². The SMILES string of the molecule is COc1cccc(-c2cc(C(=O)Nc3cc4cc(OC)c(O[C@@H]5OC(C)(C)[C@H](OC)[C@H]6OC(=O)O[C@@H]56)c(C)c4oc3=O)ccc2OC)c1. The van der Waals surface area contributed by atoms with E-state index in [0.29, 0.717) is 28.0 Å². The molecule has 1 N–H and O–H groups in total.